The quantitative estimate of drug-likeness (QED) is 0.854. The molecule has 2 atom stereocenters. The molecule has 1 aliphatic rings. The van der Waals surface area contributed by atoms with Gasteiger partial charge in [0.2, 0.25) is 5.82 Å². The number of carbonyl (C=O) groups excluding carboxylic acids is 1. The first-order valence-electron chi connectivity index (χ1n) is 6.47. The van der Waals surface area contributed by atoms with E-state index in [0.29, 0.717) is 5.25 Å². The summed E-state index contributed by atoms with van der Waals surface area (Å²) in [6.07, 6.45) is 7.25. The number of aromatic nitrogens is 3. The number of nitrogens with zero attached hydrogens (tertiary/aromatic N) is 2. The predicted molar refractivity (Wildman–Crippen MR) is 72.8 cm³/mol. The van der Waals surface area contributed by atoms with E-state index in [0.717, 1.165) is 31.5 Å². The van der Waals surface area contributed by atoms with Crippen molar-refractivity contribution in [3.8, 4) is 0 Å². The minimum absolute atomic E-state index is 0.152. The number of aryl methyl sites for hydroxylation is 1. The second-order valence-corrected chi connectivity index (χ2v) is 5.83. The molecule has 1 fully saturated rings. The van der Waals surface area contributed by atoms with Crippen LogP contribution in [0.15, 0.2) is 0 Å². The summed E-state index contributed by atoms with van der Waals surface area (Å²) in [5.74, 6) is 0.905. The first-order valence-corrected chi connectivity index (χ1v) is 7.76. The molecule has 0 radical (unpaired) electrons. The van der Waals surface area contributed by atoms with Gasteiger partial charge in [-0.15, -0.1) is 5.10 Å². The number of carbonyl (C=O) groups is 1. The van der Waals surface area contributed by atoms with Gasteiger partial charge in [-0.2, -0.15) is 11.8 Å². The number of rotatable bonds is 5. The van der Waals surface area contributed by atoms with Gasteiger partial charge >= 0.3 is 0 Å². The second-order valence-electron chi connectivity index (χ2n) is 4.70. The Bertz CT molecular complexity index is 407. The van der Waals surface area contributed by atoms with Crippen LogP contribution in [0.25, 0.3) is 0 Å². The van der Waals surface area contributed by atoms with E-state index in [1.807, 2.05) is 11.8 Å². The third-order valence-electron chi connectivity index (χ3n) is 3.27. The highest BCUT2D eigenvalue weighted by Gasteiger charge is 2.26. The van der Waals surface area contributed by atoms with Crippen LogP contribution < -0.4 is 5.32 Å². The SMILES string of the molecule is CCCc1nc(C(=O)NC2CCC(SC)C2)n[nH]1. The van der Waals surface area contributed by atoms with Gasteiger partial charge in [0.25, 0.3) is 5.91 Å². The number of hydrogen-bond acceptors (Lipinski definition) is 4. The maximum atomic E-state index is 12.0. The molecule has 100 valence electrons. The lowest BCUT2D eigenvalue weighted by molar-refractivity contribution is 0.0928. The van der Waals surface area contributed by atoms with E-state index in [1.165, 1.54) is 6.42 Å². The van der Waals surface area contributed by atoms with Crippen molar-refractivity contribution in [3.63, 3.8) is 0 Å². The van der Waals surface area contributed by atoms with E-state index in [2.05, 4.69) is 33.7 Å². The number of thioether (sulfide) groups is 1. The average molecular weight is 268 g/mol. The fourth-order valence-corrected chi connectivity index (χ4v) is 3.08. The van der Waals surface area contributed by atoms with Gasteiger partial charge in [0.15, 0.2) is 0 Å². The van der Waals surface area contributed by atoms with Crippen molar-refractivity contribution in [2.75, 3.05) is 6.26 Å². The summed E-state index contributed by atoms with van der Waals surface area (Å²) >= 11 is 1.88. The zero-order chi connectivity index (χ0) is 13.0. The fourth-order valence-electron chi connectivity index (χ4n) is 2.28. The van der Waals surface area contributed by atoms with Crippen LogP contribution in [-0.4, -0.2) is 38.6 Å². The monoisotopic (exact) mass is 268 g/mol. The van der Waals surface area contributed by atoms with Gasteiger partial charge in [-0.05, 0) is 31.9 Å². The fraction of sp³-hybridized carbons (Fsp3) is 0.750. The molecular formula is C12H20N4OS. The third-order valence-corrected chi connectivity index (χ3v) is 4.37. The maximum Gasteiger partial charge on any atom is 0.291 e. The molecule has 0 bridgehead atoms. The minimum Gasteiger partial charge on any atom is -0.346 e. The van der Waals surface area contributed by atoms with Crippen molar-refractivity contribution >= 4 is 17.7 Å². The van der Waals surface area contributed by atoms with Gasteiger partial charge in [-0.1, -0.05) is 6.92 Å². The number of amides is 1. The molecule has 1 aliphatic carbocycles. The lowest BCUT2D eigenvalue weighted by Gasteiger charge is -2.10. The minimum atomic E-state index is -0.152. The first-order chi connectivity index (χ1) is 8.72. The predicted octanol–water partition coefficient (Wildman–Crippen LogP) is 1.77. The van der Waals surface area contributed by atoms with E-state index in [1.54, 1.807) is 0 Å². The Kier molecular flexibility index (Phi) is 4.63. The summed E-state index contributed by atoms with van der Waals surface area (Å²) < 4.78 is 0. The van der Waals surface area contributed by atoms with Crippen molar-refractivity contribution < 1.29 is 4.79 Å². The average Bonchev–Trinajstić information content (AvgIpc) is 2.98. The zero-order valence-corrected chi connectivity index (χ0v) is 11.7. The van der Waals surface area contributed by atoms with E-state index in [-0.39, 0.29) is 17.8 Å². The van der Waals surface area contributed by atoms with Crippen molar-refractivity contribution in [1.82, 2.24) is 20.5 Å². The van der Waals surface area contributed by atoms with Crippen molar-refractivity contribution in [3.05, 3.63) is 11.6 Å². The highest BCUT2D eigenvalue weighted by molar-refractivity contribution is 7.99. The summed E-state index contributed by atoms with van der Waals surface area (Å²) in [6, 6.07) is 0.281. The molecule has 2 N–H and O–H groups in total. The van der Waals surface area contributed by atoms with Crippen molar-refractivity contribution in [1.29, 1.82) is 0 Å². The van der Waals surface area contributed by atoms with E-state index >= 15 is 0 Å². The molecule has 1 amide bonds. The molecular weight excluding hydrogens is 248 g/mol. The lowest BCUT2D eigenvalue weighted by Crippen LogP contribution is -2.33. The smallest absolute Gasteiger partial charge is 0.291 e. The summed E-state index contributed by atoms with van der Waals surface area (Å²) in [6.45, 7) is 2.07. The maximum absolute atomic E-state index is 12.0. The summed E-state index contributed by atoms with van der Waals surface area (Å²) in [5, 5.41) is 10.5. The largest absolute Gasteiger partial charge is 0.346 e. The van der Waals surface area contributed by atoms with Crippen LogP contribution in [0.3, 0.4) is 0 Å². The summed E-state index contributed by atoms with van der Waals surface area (Å²) in [4.78, 5) is 16.1. The topological polar surface area (TPSA) is 70.7 Å². The molecule has 2 rings (SSSR count). The van der Waals surface area contributed by atoms with Crippen LogP contribution in [0, 0.1) is 0 Å². The molecule has 0 saturated heterocycles. The van der Waals surface area contributed by atoms with E-state index in [9.17, 15) is 4.79 Å². The van der Waals surface area contributed by atoms with Crippen LogP contribution in [0.2, 0.25) is 0 Å². The second kappa shape index (κ2) is 6.22. The van der Waals surface area contributed by atoms with Crippen LogP contribution in [0.1, 0.15) is 49.1 Å². The van der Waals surface area contributed by atoms with Crippen LogP contribution >= 0.6 is 11.8 Å². The normalized spacial score (nSPS) is 23.2. The Labute approximate surface area is 112 Å². The van der Waals surface area contributed by atoms with Gasteiger partial charge in [-0.25, -0.2) is 4.98 Å². The molecule has 0 aliphatic heterocycles. The van der Waals surface area contributed by atoms with Crippen LogP contribution in [0.4, 0.5) is 0 Å². The number of nitrogens with one attached hydrogen (secondary N) is 2. The van der Waals surface area contributed by atoms with Gasteiger partial charge in [0, 0.05) is 17.7 Å². The van der Waals surface area contributed by atoms with Crippen molar-refractivity contribution in [2.45, 2.75) is 50.3 Å². The Balaban J connectivity index is 1.87. The Morgan fingerprint density at radius 2 is 2.39 bits per heavy atom. The lowest BCUT2D eigenvalue weighted by atomic mass is 10.2. The Morgan fingerprint density at radius 1 is 1.56 bits per heavy atom. The first kappa shape index (κ1) is 13.4. The summed E-state index contributed by atoms with van der Waals surface area (Å²) in [7, 11) is 0. The van der Waals surface area contributed by atoms with E-state index in [4.69, 9.17) is 0 Å². The van der Waals surface area contributed by atoms with Gasteiger partial charge in [0.1, 0.15) is 5.82 Å². The third kappa shape index (κ3) is 3.25. The van der Waals surface area contributed by atoms with Crippen LogP contribution in [0.5, 0.6) is 0 Å². The molecule has 1 heterocycles. The standard InChI is InChI=1S/C12H20N4OS/c1-3-4-10-14-11(16-15-10)12(17)13-8-5-6-9(7-8)18-2/h8-9H,3-7H2,1-2H3,(H,13,17)(H,14,15,16). The number of aromatic amines is 1. The number of hydrogen-bond donors (Lipinski definition) is 2. The van der Waals surface area contributed by atoms with Gasteiger partial charge in [0.05, 0.1) is 0 Å². The zero-order valence-electron chi connectivity index (χ0n) is 10.9. The molecule has 1 aromatic rings. The molecule has 2 unspecified atom stereocenters. The van der Waals surface area contributed by atoms with Gasteiger partial charge in [-0.3, -0.25) is 9.89 Å². The molecule has 5 nitrogen and oxygen atoms in total. The molecule has 6 heteroatoms. The molecule has 18 heavy (non-hydrogen) atoms. The highest BCUT2D eigenvalue weighted by atomic mass is 32.2. The molecule has 0 spiro atoms. The number of H-pyrrole nitrogens is 1. The van der Waals surface area contributed by atoms with E-state index < -0.39 is 0 Å². The Hall–Kier alpha value is -1.04. The van der Waals surface area contributed by atoms with Crippen LogP contribution in [-0.2, 0) is 6.42 Å². The molecule has 1 saturated carbocycles. The molecule has 1 aromatic heterocycles. The summed E-state index contributed by atoms with van der Waals surface area (Å²) in [5.41, 5.74) is 0. The Morgan fingerprint density at radius 3 is 3.06 bits per heavy atom. The molecule has 0 aromatic carbocycles. The highest BCUT2D eigenvalue weighted by Crippen LogP contribution is 2.28. The van der Waals surface area contributed by atoms with Gasteiger partial charge < -0.3 is 5.32 Å². The van der Waals surface area contributed by atoms with Crippen molar-refractivity contribution in [2.24, 2.45) is 0 Å².